The smallest absolute Gasteiger partial charge is 0.192 e. The van der Waals surface area contributed by atoms with Crippen molar-refractivity contribution in [2.75, 3.05) is 18.8 Å². The van der Waals surface area contributed by atoms with E-state index in [-0.39, 0.29) is 5.04 Å². The van der Waals surface area contributed by atoms with Gasteiger partial charge in [-0.25, -0.2) is 0 Å². The minimum absolute atomic E-state index is 0.276. The Kier molecular flexibility index (Phi) is 4.97. The average Bonchev–Trinajstić information content (AvgIpc) is 2.95. The van der Waals surface area contributed by atoms with Crippen LogP contribution in [0.3, 0.4) is 0 Å². The molecule has 3 rings (SSSR count). The SMILES string of the molecule is CC(C)(C)[Si](C)(C)OC1CCN(Cc2cc3[nH]ncc3cc2N)CC1. The molecule has 2 heterocycles. The molecular weight excluding hydrogens is 328 g/mol. The van der Waals surface area contributed by atoms with Crippen LogP contribution in [-0.2, 0) is 11.0 Å². The second-order valence-corrected chi connectivity index (χ2v) is 13.6. The number of H-pyrrole nitrogens is 1. The Morgan fingerprint density at radius 2 is 1.96 bits per heavy atom. The summed E-state index contributed by atoms with van der Waals surface area (Å²) in [7, 11) is -1.67. The van der Waals surface area contributed by atoms with Crippen LogP contribution in [0.1, 0.15) is 39.2 Å². The van der Waals surface area contributed by atoms with Crippen LogP contribution in [0, 0.1) is 0 Å². The van der Waals surface area contributed by atoms with Gasteiger partial charge in [-0.05, 0) is 48.7 Å². The average molecular weight is 361 g/mol. The Morgan fingerprint density at radius 3 is 2.60 bits per heavy atom. The van der Waals surface area contributed by atoms with E-state index in [4.69, 9.17) is 10.2 Å². The fourth-order valence-corrected chi connectivity index (χ4v) is 4.63. The van der Waals surface area contributed by atoms with E-state index in [9.17, 15) is 0 Å². The van der Waals surface area contributed by atoms with E-state index in [0.29, 0.717) is 6.10 Å². The highest BCUT2D eigenvalue weighted by atomic mass is 28.4. The fourth-order valence-electron chi connectivity index (χ4n) is 3.21. The van der Waals surface area contributed by atoms with Gasteiger partial charge >= 0.3 is 0 Å². The van der Waals surface area contributed by atoms with Crippen molar-refractivity contribution >= 4 is 24.9 Å². The number of nitrogen functional groups attached to an aromatic ring is 1. The number of hydrogen-bond acceptors (Lipinski definition) is 4. The van der Waals surface area contributed by atoms with Gasteiger partial charge in [0, 0.05) is 36.8 Å². The van der Waals surface area contributed by atoms with Gasteiger partial charge < -0.3 is 10.2 Å². The summed E-state index contributed by atoms with van der Waals surface area (Å²) < 4.78 is 6.59. The zero-order chi connectivity index (χ0) is 18.2. The molecule has 6 heteroatoms. The highest BCUT2D eigenvalue weighted by Gasteiger charge is 2.39. The molecule has 0 bridgehead atoms. The van der Waals surface area contributed by atoms with Crippen molar-refractivity contribution in [3.63, 3.8) is 0 Å². The molecule has 1 fully saturated rings. The number of anilines is 1. The lowest BCUT2D eigenvalue weighted by Crippen LogP contribution is -2.47. The number of hydrogen-bond donors (Lipinski definition) is 2. The summed E-state index contributed by atoms with van der Waals surface area (Å²) in [5, 5.41) is 8.47. The van der Waals surface area contributed by atoms with E-state index in [0.717, 1.165) is 49.1 Å². The van der Waals surface area contributed by atoms with Gasteiger partial charge in [0.1, 0.15) is 0 Å². The fraction of sp³-hybridized carbons (Fsp3) is 0.632. The third kappa shape index (κ3) is 4.07. The van der Waals surface area contributed by atoms with Crippen LogP contribution < -0.4 is 5.73 Å². The summed E-state index contributed by atoms with van der Waals surface area (Å²) in [5.74, 6) is 0. The van der Waals surface area contributed by atoms with E-state index < -0.39 is 8.32 Å². The molecule has 1 aromatic heterocycles. The molecule has 1 aliphatic rings. The Bertz CT molecular complexity index is 727. The van der Waals surface area contributed by atoms with Crippen LogP contribution in [-0.4, -0.2) is 42.6 Å². The van der Waals surface area contributed by atoms with Gasteiger partial charge in [0.25, 0.3) is 0 Å². The normalized spacial score (nSPS) is 18.1. The van der Waals surface area contributed by atoms with Crippen molar-refractivity contribution in [3.05, 3.63) is 23.9 Å². The van der Waals surface area contributed by atoms with Crippen molar-refractivity contribution in [2.24, 2.45) is 0 Å². The van der Waals surface area contributed by atoms with Crippen LogP contribution in [0.5, 0.6) is 0 Å². The van der Waals surface area contributed by atoms with Crippen molar-refractivity contribution in [2.45, 2.75) is 64.4 Å². The summed E-state index contributed by atoms with van der Waals surface area (Å²) in [6, 6.07) is 4.15. The second kappa shape index (κ2) is 6.74. The minimum Gasteiger partial charge on any atom is -0.414 e. The van der Waals surface area contributed by atoms with Gasteiger partial charge in [-0.15, -0.1) is 0 Å². The zero-order valence-corrected chi connectivity index (χ0v) is 17.2. The summed E-state index contributed by atoms with van der Waals surface area (Å²) >= 11 is 0. The molecule has 25 heavy (non-hydrogen) atoms. The third-order valence-electron chi connectivity index (χ3n) is 5.90. The minimum atomic E-state index is -1.67. The molecule has 0 unspecified atom stereocenters. The number of nitrogens with one attached hydrogen (secondary N) is 1. The van der Waals surface area contributed by atoms with E-state index >= 15 is 0 Å². The number of aromatic amines is 1. The Balaban J connectivity index is 1.58. The lowest BCUT2D eigenvalue weighted by molar-refractivity contribution is 0.0864. The number of benzene rings is 1. The highest BCUT2D eigenvalue weighted by Crippen LogP contribution is 2.38. The molecule has 0 amide bonds. The largest absolute Gasteiger partial charge is 0.414 e. The lowest BCUT2D eigenvalue weighted by atomic mass is 10.1. The first-order valence-corrected chi connectivity index (χ1v) is 12.2. The number of piperidine rings is 1. The Morgan fingerprint density at radius 1 is 1.28 bits per heavy atom. The number of fused-ring (bicyclic) bond motifs is 1. The molecule has 1 aromatic carbocycles. The molecule has 0 spiro atoms. The molecule has 0 radical (unpaired) electrons. The first-order valence-electron chi connectivity index (χ1n) is 9.27. The van der Waals surface area contributed by atoms with E-state index in [1.807, 2.05) is 12.3 Å². The maximum Gasteiger partial charge on any atom is 0.192 e. The van der Waals surface area contributed by atoms with Gasteiger partial charge in [-0.1, -0.05) is 20.8 Å². The van der Waals surface area contributed by atoms with Crippen LogP contribution >= 0.6 is 0 Å². The molecule has 0 aliphatic carbocycles. The molecule has 0 saturated carbocycles. The lowest BCUT2D eigenvalue weighted by Gasteiger charge is -2.42. The molecule has 0 atom stereocenters. The number of likely N-dealkylation sites (tertiary alicyclic amines) is 1. The van der Waals surface area contributed by atoms with Crippen LogP contribution in [0.25, 0.3) is 10.9 Å². The van der Waals surface area contributed by atoms with E-state index in [1.165, 1.54) is 5.56 Å². The van der Waals surface area contributed by atoms with Crippen LogP contribution in [0.15, 0.2) is 18.3 Å². The maximum atomic E-state index is 6.59. The van der Waals surface area contributed by atoms with Crippen molar-refractivity contribution in [1.29, 1.82) is 0 Å². The number of rotatable bonds is 4. The number of nitrogens with zero attached hydrogens (tertiary/aromatic N) is 2. The van der Waals surface area contributed by atoms with Crippen molar-refractivity contribution < 1.29 is 4.43 Å². The van der Waals surface area contributed by atoms with Crippen LogP contribution in [0.4, 0.5) is 5.69 Å². The molecule has 1 saturated heterocycles. The maximum absolute atomic E-state index is 6.59. The first kappa shape index (κ1) is 18.4. The standard InChI is InChI=1S/C19H32N4OSi/c1-19(2,3)25(4,5)24-16-6-8-23(9-7-16)13-15-11-18-14(10-17(15)20)12-21-22-18/h10-12,16H,6-9,13,20H2,1-5H3,(H,21,22). The molecule has 5 nitrogen and oxygen atoms in total. The monoisotopic (exact) mass is 360 g/mol. The predicted molar refractivity (Wildman–Crippen MR) is 107 cm³/mol. The molecular formula is C19H32N4OSi. The van der Waals surface area contributed by atoms with Gasteiger partial charge in [0.15, 0.2) is 8.32 Å². The van der Waals surface area contributed by atoms with E-state index in [2.05, 4.69) is 55.0 Å². The first-order chi connectivity index (χ1) is 11.7. The topological polar surface area (TPSA) is 67.2 Å². The Labute approximate surface area is 152 Å². The summed E-state index contributed by atoms with van der Waals surface area (Å²) in [6.45, 7) is 14.7. The van der Waals surface area contributed by atoms with Crippen molar-refractivity contribution in [3.8, 4) is 0 Å². The summed E-state index contributed by atoms with van der Waals surface area (Å²) in [6.07, 6.45) is 4.45. The molecule has 2 aromatic rings. The van der Waals surface area contributed by atoms with Gasteiger partial charge in [-0.2, -0.15) is 5.10 Å². The number of nitrogens with two attached hydrogens (primary N) is 1. The quantitative estimate of drug-likeness (QED) is 0.635. The second-order valence-electron chi connectivity index (χ2n) is 8.86. The van der Waals surface area contributed by atoms with Crippen molar-refractivity contribution in [1.82, 2.24) is 15.1 Å². The molecule has 3 N–H and O–H groups in total. The van der Waals surface area contributed by atoms with Gasteiger partial charge in [0.05, 0.1) is 11.7 Å². The zero-order valence-electron chi connectivity index (χ0n) is 16.2. The van der Waals surface area contributed by atoms with Crippen LogP contribution in [0.2, 0.25) is 18.1 Å². The predicted octanol–water partition coefficient (Wildman–Crippen LogP) is 4.13. The van der Waals surface area contributed by atoms with Gasteiger partial charge in [0.2, 0.25) is 0 Å². The number of aromatic nitrogens is 2. The summed E-state index contributed by atoms with van der Waals surface area (Å²) in [4.78, 5) is 2.49. The third-order valence-corrected chi connectivity index (χ3v) is 10.4. The van der Waals surface area contributed by atoms with Gasteiger partial charge in [-0.3, -0.25) is 10.00 Å². The molecule has 1 aliphatic heterocycles. The van der Waals surface area contributed by atoms with E-state index in [1.54, 1.807) is 0 Å². The molecule has 138 valence electrons. The summed E-state index contributed by atoms with van der Waals surface area (Å²) in [5.41, 5.74) is 9.33. The highest BCUT2D eigenvalue weighted by molar-refractivity contribution is 6.74. The Hall–Kier alpha value is -1.37.